The Bertz CT molecular complexity index is 4810. The third-order valence-corrected chi connectivity index (χ3v) is 17.5. The molecule has 4 aliphatic heterocycles. The van der Waals surface area contributed by atoms with Crippen molar-refractivity contribution in [2.24, 2.45) is 0 Å². The van der Waals surface area contributed by atoms with E-state index in [-0.39, 0.29) is 13.4 Å². The van der Waals surface area contributed by atoms with Crippen molar-refractivity contribution in [3.05, 3.63) is 273 Å². The average molecular weight is 1020 g/mol. The first-order valence-electron chi connectivity index (χ1n) is 27.7. The molecule has 6 nitrogen and oxygen atoms in total. The second-order valence-corrected chi connectivity index (χ2v) is 21.6. The number of nitrogens with zero attached hydrogens (tertiary/aromatic N) is 5. The summed E-state index contributed by atoms with van der Waals surface area (Å²) in [5.41, 5.74) is 24.3. The number of hydrogen-bond donors (Lipinski definition) is 0. The molecule has 0 fully saturated rings. The predicted octanol–water partition coefficient (Wildman–Crippen LogP) is 14.4. The Morgan fingerprint density at radius 1 is 0.237 bits per heavy atom. The molecule has 14 aromatic rings. The van der Waals surface area contributed by atoms with Crippen molar-refractivity contribution in [2.75, 3.05) is 14.7 Å². The molecule has 0 saturated carbocycles. The van der Waals surface area contributed by atoms with Crippen LogP contribution >= 0.6 is 0 Å². The van der Waals surface area contributed by atoms with Gasteiger partial charge in [0.15, 0.2) is 0 Å². The number of aromatic nitrogens is 2. The summed E-state index contributed by atoms with van der Waals surface area (Å²) < 4.78 is 12.1. The molecule has 2 aromatic heterocycles. The van der Waals surface area contributed by atoms with Gasteiger partial charge < -0.3 is 28.6 Å². The Hall–Kier alpha value is -10.4. The fourth-order valence-corrected chi connectivity index (χ4v) is 14.3. The van der Waals surface area contributed by atoms with Crippen molar-refractivity contribution in [3.8, 4) is 22.9 Å². The number of rotatable bonds is 5. The SMILES string of the molecule is c1ccc(N2c3cc4c(cc3B3c5ccccc5Oc5cc(-n6c7ccccc7c7ccccc76)cc2c53)B2c3ccccc3N(c3ccccc3)c3cc(-n5c6ccccc6c6ccccc65)cc(c32)N4c2ccccc2)cc1. The number of anilines is 9. The molecule has 0 amide bonds. The molecule has 8 heteroatoms. The minimum absolute atomic E-state index is 0.123. The van der Waals surface area contributed by atoms with Gasteiger partial charge in [0, 0.05) is 78.8 Å². The van der Waals surface area contributed by atoms with Gasteiger partial charge >= 0.3 is 0 Å². The van der Waals surface area contributed by atoms with E-state index in [1.54, 1.807) is 0 Å². The fourth-order valence-electron chi connectivity index (χ4n) is 14.3. The van der Waals surface area contributed by atoms with Crippen LogP contribution in [0.3, 0.4) is 0 Å². The van der Waals surface area contributed by atoms with Gasteiger partial charge in [-0.3, -0.25) is 0 Å². The molecule has 0 unspecified atom stereocenters. The van der Waals surface area contributed by atoms with Gasteiger partial charge in [0.2, 0.25) is 0 Å². The monoisotopic (exact) mass is 1020 g/mol. The molecular weight excluding hydrogens is 972 g/mol. The highest BCUT2D eigenvalue weighted by Gasteiger charge is 2.48. The molecule has 0 saturated heterocycles. The van der Waals surface area contributed by atoms with Crippen LogP contribution in [0.5, 0.6) is 11.5 Å². The zero-order chi connectivity index (χ0) is 52.2. The molecule has 4 aliphatic rings. The van der Waals surface area contributed by atoms with Crippen LogP contribution in [0.2, 0.25) is 0 Å². The van der Waals surface area contributed by atoms with E-state index in [1.165, 1.54) is 60.1 Å². The zero-order valence-corrected chi connectivity index (χ0v) is 43.3. The fraction of sp³-hybridized carbons (Fsp3) is 0. The highest BCUT2D eigenvalue weighted by Crippen LogP contribution is 2.49. The highest BCUT2D eigenvalue weighted by atomic mass is 16.5. The predicted molar refractivity (Wildman–Crippen MR) is 335 cm³/mol. The van der Waals surface area contributed by atoms with Crippen molar-refractivity contribution in [3.63, 3.8) is 0 Å². The molecule has 0 radical (unpaired) electrons. The van der Waals surface area contributed by atoms with Gasteiger partial charge in [-0.15, -0.1) is 0 Å². The number of ether oxygens (including phenoxy) is 1. The van der Waals surface area contributed by atoms with Crippen LogP contribution in [-0.4, -0.2) is 22.6 Å². The lowest BCUT2D eigenvalue weighted by molar-refractivity contribution is 0.487. The first-order valence-corrected chi connectivity index (χ1v) is 27.7. The average Bonchev–Trinajstić information content (AvgIpc) is 3.33. The molecule has 6 heterocycles. The van der Waals surface area contributed by atoms with Crippen molar-refractivity contribution in [1.29, 1.82) is 0 Å². The molecule has 0 spiro atoms. The second-order valence-electron chi connectivity index (χ2n) is 21.6. The molecule has 0 bridgehead atoms. The van der Waals surface area contributed by atoms with Crippen LogP contribution in [0.15, 0.2) is 273 Å². The molecule has 370 valence electrons. The van der Waals surface area contributed by atoms with E-state index in [2.05, 4.69) is 297 Å². The van der Waals surface area contributed by atoms with Crippen LogP contribution in [0, 0.1) is 0 Å². The lowest BCUT2D eigenvalue weighted by Gasteiger charge is -2.46. The molecule has 80 heavy (non-hydrogen) atoms. The number of para-hydroxylation sites is 9. The van der Waals surface area contributed by atoms with Crippen LogP contribution in [0.25, 0.3) is 55.0 Å². The Balaban J connectivity index is 0.966. The van der Waals surface area contributed by atoms with E-state index >= 15 is 0 Å². The van der Waals surface area contributed by atoms with Crippen molar-refractivity contribution >= 4 is 141 Å². The summed E-state index contributed by atoms with van der Waals surface area (Å²) in [6, 6.07) is 101. The van der Waals surface area contributed by atoms with Gasteiger partial charge in [0.25, 0.3) is 13.4 Å². The third kappa shape index (κ3) is 5.99. The van der Waals surface area contributed by atoms with Crippen molar-refractivity contribution < 1.29 is 4.74 Å². The minimum Gasteiger partial charge on any atom is -0.458 e. The first kappa shape index (κ1) is 43.6. The topological polar surface area (TPSA) is 28.8 Å². The molecule has 0 N–H and O–H groups in total. The standard InChI is InChI=1S/C72H45B2N5O/c1-4-22-46(23-5-1)75-63-38-20-14-32-55(63)73-57-44-58-65(45-64(57)76(47-24-6-2-7-25-47)67-41-49(40-66(75)71(67)73)78-59-34-16-10-28-51(59)52-29-11-17-35-60(52)78)77(48-26-8-3-9-27-48)68-42-50(43-70-72(68)74(58)56-33-15-21-39-69(56)80-70)79-61-36-18-12-30-53(61)54-31-13-19-37-62(54)79/h1-45H. The maximum absolute atomic E-state index is 7.23. The van der Waals surface area contributed by atoms with Gasteiger partial charge in [-0.2, -0.15) is 0 Å². The third-order valence-electron chi connectivity index (χ3n) is 17.5. The Morgan fingerprint density at radius 2 is 0.613 bits per heavy atom. The lowest BCUT2D eigenvalue weighted by Crippen LogP contribution is -2.64. The summed E-state index contributed by atoms with van der Waals surface area (Å²) in [6.45, 7) is -0.261. The van der Waals surface area contributed by atoms with E-state index in [9.17, 15) is 0 Å². The van der Waals surface area contributed by atoms with E-state index in [0.29, 0.717) is 0 Å². The van der Waals surface area contributed by atoms with Crippen LogP contribution in [0.4, 0.5) is 51.2 Å². The summed E-state index contributed by atoms with van der Waals surface area (Å²) in [6.07, 6.45) is 0. The van der Waals surface area contributed by atoms with Crippen LogP contribution < -0.4 is 52.2 Å². The van der Waals surface area contributed by atoms with Gasteiger partial charge in [0.05, 0.1) is 33.4 Å². The Kier molecular flexibility index (Phi) is 9.03. The van der Waals surface area contributed by atoms with Crippen LogP contribution in [0.1, 0.15) is 0 Å². The maximum Gasteiger partial charge on any atom is 0.256 e. The molecule has 18 rings (SSSR count). The van der Waals surface area contributed by atoms with Crippen LogP contribution in [-0.2, 0) is 0 Å². The van der Waals surface area contributed by atoms with E-state index in [1.807, 2.05) is 0 Å². The molecular formula is C72H45B2N5O. The summed E-state index contributed by atoms with van der Waals surface area (Å²) in [4.78, 5) is 7.60. The highest BCUT2D eigenvalue weighted by molar-refractivity contribution is 7.02. The summed E-state index contributed by atoms with van der Waals surface area (Å²) in [5, 5.41) is 4.90. The normalized spacial score (nSPS) is 13.5. The van der Waals surface area contributed by atoms with E-state index in [4.69, 9.17) is 4.74 Å². The largest absolute Gasteiger partial charge is 0.458 e. The first-order chi connectivity index (χ1) is 39.7. The summed E-state index contributed by atoms with van der Waals surface area (Å²) in [7, 11) is 0. The summed E-state index contributed by atoms with van der Waals surface area (Å²) in [5.74, 6) is 1.75. The smallest absolute Gasteiger partial charge is 0.256 e. The van der Waals surface area contributed by atoms with Gasteiger partial charge in [-0.05, 0) is 130 Å². The maximum atomic E-state index is 7.23. The Labute approximate surface area is 463 Å². The summed E-state index contributed by atoms with van der Waals surface area (Å²) >= 11 is 0. The number of fused-ring (bicyclic) bond motifs is 14. The minimum atomic E-state index is -0.138. The van der Waals surface area contributed by atoms with Crippen molar-refractivity contribution in [2.45, 2.75) is 0 Å². The number of hydrogen-bond acceptors (Lipinski definition) is 4. The lowest BCUT2D eigenvalue weighted by atomic mass is 9.30. The van der Waals surface area contributed by atoms with Gasteiger partial charge in [-0.25, -0.2) is 0 Å². The quantitative estimate of drug-likeness (QED) is 0.161. The number of benzene rings is 12. The second kappa shape index (κ2) is 16.5. The van der Waals surface area contributed by atoms with Crippen molar-refractivity contribution in [1.82, 2.24) is 9.13 Å². The Morgan fingerprint density at radius 3 is 1.11 bits per heavy atom. The van der Waals surface area contributed by atoms with E-state index in [0.717, 1.165) is 90.3 Å². The molecule has 0 aliphatic carbocycles. The molecule has 12 aromatic carbocycles. The van der Waals surface area contributed by atoms with Gasteiger partial charge in [-0.1, -0.05) is 170 Å². The molecule has 0 atom stereocenters. The zero-order valence-electron chi connectivity index (χ0n) is 43.3. The van der Waals surface area contributed by atoms with E-state index < -0.39 is 0 Å². The van der Waals surface area contributed by atoms with Gasteiger partial charge in [0.1, 0.15) is 11.5 Å².